The maximum atomic E-state index is 15.1. The molecule has 3 saturated carbocycles. The highest BCUT2D eigenvalue weighted by Crippen LogP contribution is 2.48. The van der Waals surface area contributed by atoms with Gasteiger partial charge in [-0.2, -0.15) is 0 Å². The van der Waals surface area contributed by atoms with E-state index in [1.807, 2.05) is 6.07 Å². The van der Waals surface area contributed by atoms with E-state index in [4.69, 9.17) is 16.3 Å². The number of rotatable bonds is 7. The summed E-state index contributed by atoms with van der Waals surface area (Å²) < 4.78 is 49.1. The van der Waals surface area contributed by atoms with Crippen LogP contribution in [0.1, 0.15) is 95.0 Å². The van der Waals surface area contributed by atoms with Crippen LogP contribution in [-0.2, 0) is 4.74 Å². The number of hydrogen-bond acceptors (Lipinski definition) is 1. The molecule has 0 N–H and O–H groups in total. The minimum atomic E-state index is -2.51. The number of ether oxygens (including phenoxy) is 1. The van der Waals surface area contributed by atoms with Crippen molar-refractivity contribution in [2.24, 2.45) is 29.6 Å². The van der Waals surface area contributed by atoms with E-state index in [2.05, 4.69) is 0 Å². The fourth-order valence-electron chi connectivity index (χ4n) is 7.09. The summed E-state index contributed by atoms with van der Waals surface area (Å²) in [6, 6.07) is 5.23. The van der Waals surface area contributed by atoms with Gasteiger partial charge < -0.3 is 4.74 Å². The maximum Gasteiger partial charge on any atom is 0.251 e. The summed E-state index contributed by atoms with van der Waals surface area (Å²) in [6.07, 6.45) is 11.8. The molecular formula is C28H40ClF3O. The molecule has 3 fully saturated rings. The van der Waals surface area contributed by atoms with Crippen molar-refractivity contribution in [3.05, 3.63) is 34.6 Å². The molecule has 1 aromatic carbocycles. The van der Waals surface area contributed by atoms with Crippen LogP contribution in [0.5, 0.6) is 0 Å². The lowest BCUT2D eigenvalue weighted by Gasteiger charge is -2.40. The van der Waals surface area contributed by atoms with E-state index >= 15 is 8.78 Å². The zero-order valence-corrected chi connectivity index (χ0v) is 20.8. The van der Waals surface area contributed by atoms with E-state index in [1.54, 1.807) is 19.2 Å². The van der Waals surface area contributed by atoms with Crippen molar-refractivity contribution in [3.63, 3.8) is 0 Å². The molecule has 3 aliphatic rings. The third-order valence-corrected chi connectivity index (χ3v) is 9.46. The van der Waals surface area contributed by atoms with Crippen molar-refractivity contribution in [3.8, 4) is 0 Å². The van der Waals surface area contributed by atoms with Gasteiger partial charge in [0, 0.05) is 26.1 Å². The molecule has 0 radical (unpaired) electrons. The van der Waals surface area contributed by atoms with Crippen LogP contribution in [0.25, 0.3) is 0 Å². The van der Waals surface area contributed by atoms with Gasteiger partial charge in [0.2, 0.25) is 0 Å². The molecule has 0 aromatic heterocycles. The Hall–Kier alpha value is -0.740. The number of halogens is 4. The molecule has 0 aliphatic heterocycles. The summed E-state index contributed by atoms with van der Waals surface area (Å²) in [7, 11) is 1.70. The molecule has 33 heavy (non-hydrogen) atoms. The second kappa shape index (κ2) is 11.3. The summed E-state index contributed by atoms with van der Waals surface area (Å²) >= 11 is 5.83. The predicted molar refractivity (Wildman–Crippen MR) is 128 cm³/mol. The van der Waals surface area contributed by atoms with Crippen molar-refractivity contribution in [2.75, 3.05) is 13.7 Å². The zero-order chi connectivity index (χ0) is 23.4. The first-order valence-corrected chi connectivity index (χ1v) is 13.5. The minimum Gasteiger partial charge on any atom is -0.384 e. The number of alkyl halides is 2. The van der Waals surface area contributed by atoms with Gasteiger partial charge in [0.05, 0.1) is 5.02 Å². The highest BCUT2D eigenvalue weighted by Gasteiger charge is 2.43. The van der Waals surface area contributed by atoms with Gasteiger partial charge in [0.1, 0.15) is 5.82 Å². The van der Waals surface area contributed by atoms with E-state index in [0.717, 1.165) is 56.9 Å². The highest BCUT2D eigenvalue weighted by atomic mass is 35.5. The normalized spacial score (nSPS) is 33.7. The molecule has 0 unspecified atom stereocenters. The average Bonchev–Trinajstić information content (AvgIpc) is 2.82. The molecule has 0 spiro atoms. The van der Waals surface area contributed by atoms with E-state index in [1.165, 1.54) is 12.8 Å². The van der Waals surface area contributed by atoms with E-state index in [-0.39, 0.29) is 23.2 Å². The van der Waals surface area contributed by atoms with Crippen molar-refractivity contribution in [1.82, 2.24) is 0 Å². The molecular weight excluding hydrogens is 445 g/mol. The lowest BCUT2D eigenvalue weighted by Crippen LogP contribution is -2.35. The van der Waals surface area contributed by atoms with Crippen LogP contribution in [0.4, 0.5) is 13.2 Å². The molecule has 4 rings (SSSR count). The summed E-state index contributed by atoms with van der Waals surface area (Å²) in [4.78, 5) is 0. The van der Waals surface area contributed by atoms with Crippen molar-refractivity contribution in [2.45, 2.75) is 95.3 Å². The standard InChI is InChI=1S/C28H40ClF3O/c1-33-18-20-4-13-25(14-5-20)28(31,32)17-19-2-6-21(7-3-19)22-8-10-23(11-9-22)24-12-15-26(29)27(30)16-24/h12,15-16,19-23,25H,2-11,13-14,17-18H2,1H3. The molecule has 1 aromatic rings. The first-order chi connectivity index (χ1) is 15.9. The van der Waals surface area contributed by atoms with E-state index < -0.39 is 11.8 Å². The van der Waals surface area contributed by atoms with Gasteiger partial charge in [0.25, 0.3) is 5.92 Å². The predicted octanol–water partition coefficient (Wildman–Crippen LogP) is 9.04. The van der Waals surface area contributed by atoms with Crippen LogP contribution in [0, 0.1) is 35.4 Å². The van der Waals surface area contributed by atoms with Gasteiger partial charge in [-0.3, -0.25) is 0 Å². The minimum absolute atomic E-state index is 0.0915. The summed E-state index contributed by atoms with van der Waals surface area (Å²) in [5.74, 6) is -0.819. The average molecular weight is 485 g/mol. The summed E-state index contributed by atoms with van der Waals surface area (Å²) in [5, 5.41) is 0.188. The van der Waals surface area contributed by atoms with Crippen molar-refractivity contribution in [1.29, 1.82) is 0 Å². The highest BCUT2D eigenvalue weighted by molar-refractivity contribution is 6.30. The Labute approximate surface area is 202 Å². The second-order valence-corrected chi connectivity index (χ2v) is 11.6. The van der Waals surface area contributed by atoms with Crippen LogP contribution in [0.3, 0.4) is 0 Å². The number of hydrogen-bond donors (Lipinski definition) is 0. The lowest BCUT2D eigenvalue weighted by molar-refractivity contribution is -0.0984. The molecule has 5 heteroatoms. The Balaban J connectivity index is 1.20. The lowest BCUT2D eigenvalue weighted by atomic mass is 9.67. The largest absolute Gasteiger partial charge is 0.384 e. The summed E-state index contributed by atoms with van der Waals surface area (Å²) in [6.45, 7) is 0.709. The maximum absolute atomic E-state index is 15.1. The van der Waals surface area contributed by atoms with Gasteiger partial charge >= 0.3 is 0 Å². The Bertz CT molecular complexity index is 746. The molecule has 186 valence electrons. The van der Waals surface area contributed by atoms with Gasteiger partial charge in [0.15, 0.2) is 0 Å². The molecule has 0 heterocycles. The quantitative estimate of drug-likeness (QED) is 0.375. The van der Waals surface area contributed by atoms with Gasteiger partial charge in [-0.25, -0.2) is 13.2 Å². The van der Waals surface area contributed by atoms with E-state index in [0.29, 0.717) is 43.1 Å². The molecule has 3 aliphatic carbocycles. The van der Waals surface area contributed by atoms with Crippen LogP contribution >= 0.6 is 11.6 Å². The van der Waals surface area contributed by atoms with Crippen LogP contribution < -0.4 is 0 Å². The van der Waals surface area contributed by atoms with E-state index in [9.17, 15) is 4.39 Å². The molecule has 1 nitrogen and oxygen atoms in total. The second-order valence-electron chi connectivity index (χ2n) is 11.2. The van der Waals surface area contributed by atoms with Gasteiger partial charge in [-0.1, -0.05) is 17.7 Å². The number of benzene rings is 1. The third kappa shape index (κ3) is 6.48. The topological polar surface area (TPSA) is 9.23 Å². The monoisotopic (exact) mass is 484 g/mol. The van der Waals surface area contributed by atoms with Crippen LogP contribution in [0.15, 0.2) is 18.2 Å². The van der Waals surface area contributed by atoms with Crippen LogP contribution in [-0.4, -0.2) is 19.6 Å². The van der Waals surface area contributed by atoms with Crippen molar-refractivity contribution >= 4 is 11.6 Å². The smallest absolute Gasteiger partial charge is 0.251 e. The fraction of sp³-hybridized carbons (Fsp3) is 0.786. The SMILES string of the molecule is COCC1CCC(C(F)(F)CC2CCC(C3CCC(c4ccc(Cl)c(F)c4)CC3)CC2)CC1. The first-order valence-electron chi connectivity index (χ1n) is 13.2. The summed E-state index contributed by atoms with van der Waals surface area (Å²) in [5.41, 5.74) is 1.07. The van der Waals surface area contributed by atoms with Gasteiger partial charge in [-0.15, -0.1) is 0 Å². The Kier molecular flexibility index (Phi) is 8.71. The third-order valence-electron chi connectivity index (χ3n) is 9.15. The first kappa shape index (κ1) is 25.4. The van der Waals surface area contributed by atoms with Crippen LogP contribution in [0.2, 0.25) is 5.02 Å². The molecule has 0 amide bonds. The molecule has 0 bridgehead atoms. The molecule has 0 atom stereocenters. The Morgan fingerprint density at radius 1 is 0.848 bits per heavy atom. The van der Waals surface area contributed by atoms with Crippen molar-refractivity contribution < 1.29 is 17.9 Å². The Morgan fingerprint density at radius 2 is 1.42 bits per heavy atom. The van der Waals surface area contributed by atoms with Gasteiger partial charge in [-0.05, 0) is 124 Å². The number of methoxy groups -OCH3 is 1. The molecule has 0 saturated heterocycles. The zero-order valence-electron chi connectivity index (χ0n) is 20.0. The fourth-order valence-corrected chi connectivity index (χ4v) is 7.21. The Morgan fingerprint density at radius 3 is 2.00 bits per heavy atom.